The van der Waals surface area contributed by atoms with Gasteiger partial charge in [-0.25, -0.2) is 4.79 Å². The number of benzene rings is 2. The average Bonchev–Trinajstić information content (AvgIpc) is 3.43. The van der Waals surface area contributed by atoms with E-state index in [9.17, 15) is 19.5 Å². The van der Waals surface area contributed by atoms with Crippen molar-refractivity contribution in [2.45, 2.75) is 31.7 Å². The molecule has 2 aliphatic rings. The molecule has 8 nitrogen and oxygen atoms in total. The summed E-state index contributed by atoms with van der Waals surface area (Å²) in [5.74, 6) is -1.48. The maximum Gasteiger partial charge on any atom is 0.407 e. The number of carboxylic acid groups (broad SMARTS) is 1. The fourth-order valence-corrected chi connectivity index (χ4v) is 4.83. The van der Waals surface area contributed by atoms with Gasteiger partial charge < -0.3 is 24.8 Å². The molecule has 0 radical (unpaired) electrons. The Balaban J connectivity index is 1.38. The molecule has 4 rings (SSSR count). The molecule has 0 saturated carbocycles. The van der Waals surface area contributed by atoms with Crippen LogP contribution in [0.4, 0.5) is 4.79 Å². The first-order valence-corrected chi connectivity index (χ1v) is 11.7. The van der Waals surface area contributed by atoms with E-state index < -0.39 is 30.4 Å². The SMILES string of the molecule is CCOCC1CCN(C(=O)C(CC(=O)O)NC(=O)OCC2c3ccccc3-c3ccccc32)C1. The lowest BCUT2D eigenvalue weighted by Crippen LogP contribution is -2.49. The fraction of sp³-hybridized carbons (Fsp3) is 0.423. The van der Waals surface area contributed by atoms with Crippen molar-refractivity contribution in [3.8, 4) is 11.1 Å². The van der Waals surface area contributed by atoms with E-state index in [4.69, 9.17) is 9.47 Å². The standard InChI is InChI=1S/C26H30N2O6/c1-2-33-15-17-11-12-28(14-17)25(31)23(13-24(29)30)27-26(32)34-16-22-20-9-5-3-7-18(20)19-8-4-6-10-21(19)22/h3-10,17,22-23H,2,11-16H2,1H3,(H,27,32)(H,29,30). The van der Waals surface area contributed by atoms with Gasteiger partial charge >= 0.3 is 12.1 Å². The molecular weight excluding hydrogens is 436 g/mol. The number of nitrogens with zero attached hydrogens (tertiary/aromatic N) is 1. The van der Waals surface area contributed by atoms with Crippen LogP contribution in [0.15, 0.2) is 48.5 Å². The number of likely N-dealkylation sites (tertiary alicyclic amines) is 1. The smallest absolute Gasteiger partial charge is 0.407 e. The highest BCUT2D eigenvalue weighted by molar-refractivity contribution is 5.89. The predicted octanol–water partition coefficient (Wildman–Crippen LogP) is 3.25. The third-order valence-electron chi connectivity index (χ3n) is 6.47. The minimum absolute atomic E-state index is 0.0913. The number of rotatable bonds is 9. The molecule has 2 atom stereocenters. The fourth-order valence-electron chi connectivity index (χ4n) is 4.83. The van der Waals surface area contributed by atoms with Crippen molar-refractivity contribution >= 4 is 18.0 Å². The van der Waals surface area contributed by atoms with Crippen molar-refractivity contribution in [3.63, 3.8) is 0 Å². The molecule has 1 aliphatic heterocycles. The number of fused-ring (bicyclic) bond motifs is 3. The van der Waals surface area contributed by atoms with Crippen LogP contribution in [-0.4, -0.2) is 66.9 Å². The maximum absolute atomic E-state index is 13.0. The molecule has 2 N–H and O–H groups in total. The second-order valence-corrected chi connectivity index (χ2v) is 8.72. The molecule has 1 fully saturated rings. The van der Waals surface area contributed by atoms with Crippen molar-refractivity contribution in [2.24, 2.45) is 5.92 Å². The molecule has 2 aromatic rings. The Morgan fingerprint density at radius 1 is 1.06 bits per heavy atom. The van der Waals surface area contributed by atoms with Gasteiger partial charge in [-0.15, -0.1) is 0 Å². The van der Waals surface area contributed by atoms with Crippen LogP contribution in [0, 0.1) is 5.92 Å². The summed E-state index contributed by atoms with van der Waals surface area (Å²) in [6.07, 6.45) is -0.516. The molecule has 0 bridgehead atoms. The predicted molar refractivity (Wildman–Crippen MR) is 125 cm³/mol. The number of ether oxygens (including phenoxy) is 2. The molecule has 2 aromatic carbocycles. The Kier molecular flexibility index (Phi) is 7.47. The largest absolute Gasteiger partial charge is 0.481 e. The highest BCUT2D eigenvalue weighted by Gasteiger charge is 2.34. The normalized spacial score (nSPS) is 17.7. The number of hydrogen-bond donors (Lipinski definition) is 2. The highest BCUT2D eigenvalue weighted by Crippen LogP contribution is 2.44. The van der Waals surface area contributed by atoms with Gasteiger partial charge in [-0.1, -0.05) is 48.5 Å². The van der Waals surface area contributed by atoms with E-state index in [-0.39, 0.29) is 18.4 Å². The summed E-state index contributed by atoms with van der Waals surface area (Å²) in [4.78, 5) is 38.6. The Hall–Kier alpha value is -3.39. The van der Waals surface area contributed by atoms with Crippen LogP contribution in [0.5, 0.6) is 0 Å². The average molecular weight is 467 g/mol. The number of carboxylic acids is 1. The van der Waals surface area contributed by atoms with E-state index in [0.29, 0.717) is 26.3 Å². The lowest BCUT2D eigenvalue weighted by molar-refractivity contribution is -0.142. The third-order valence-corrected chi connectivity index (χ3v) is 6.47. The van der Waals surface area contributed by atoms with Crippen molar-refractivity contribution in [1.82, 2.24) is 10.2 Å². The van der Waals surface area contributed by atoms with Gasteiger partial charge in [-0.2, -0.15) is 0 Å². The van der Waals surface area contributed by atoms with Gasteiger partial charge in [-0.05, 0) is 35.6 Å². The van der Waals surface area contributed by atoms with Gasteiger partial charge in [0.2, 0.25) is 5.91 Å². The molecule has 0 aromatic heterocycles. The second kappa shape index (κ2) is 10.7. The zero-order chi connectivity index (χ0) is 24.1. The summed E-state index contributed by atoms with van der Waals surface area (Å²) >= 11 is 0. The number of carbonyl (C=O) groups excluding carboxylic acids is 2. The Morgan fingerprint density at radius 3 is 2.32 bits per heavy atom. The van der Waals surface area contributed by atoms with Gasteiger partial charge in [0, 0.05) is 31.5 Å². The molecule has 1 heterocycles. The minimum Gasteiger partial charge on any atom is -0.481 e. The number of hydrogen-bond acceptors (Lipinski definition) is 5. The maximum atomic E-state index is 13.0. The molecular formula is C26H30N2O6. The van der Waals surface area contributed by atoms with E-state index in [1.54, 1.807) is 4.90 Å². The molecule has 0 spiro atoms. The Bertz CT molecular complexity index is 1010. The Morgan fingerprint density at radius 2 is 1.71 bits per heavy atom. The summed E-state index contributed by atoms with van der Waals surface area (Å²) in [5.41, 5.74) is 4.38. The number of nitrogens with one attached hydrogen (secondary N) is 1. The summed E-state index contributed by atoms with van der Waals surface area (Å²) in [6, 6.07) is 14.8. The van der Waals surface area contributed by atoms with Crippen molar-refractivity contribution in [2.75, 3.05) is 32.9 Å². The number of aliphatic carboxylic acids is 1. The monoisotopic (exact) mass is 466 g/mol. The molecule has 34 heavy (non-hydrogen) atoms. The van der Waals surface area contributed by atoms with Crippen molar-refractivity contribution < 1.29 is 29.0 Å². The van der Waals surface area contributed by atoms with Gasteiger partial charge in [0.15, 0.2) is 0 Å². The van der Waals surface area contributed by atoms with Crippen LogP contribution in [-0.2, 0) is 19.1 Å². The zero-order valence-corrected chi connectivity index (χ0v) is 19.2. The zero-order valence-electron chi connectivity index (χ0n) is 19.2. The molecule has 180 valence electrons. The van der Waals surface area contributed by atoms with Crippen LogP contribution in [0.2, 0.25) is 0 Å². The van der Waals surface area contributed by atoms with Gasteiger partial charge in [0.25, 0.3) is 0 Å². The summed E-state index contributed by atoms with van der Waals surface area (Å²) in [5, 5.41) is 11.8. The highest BCUT2D eigenvalue weighted by atomic mass is 16.5. The third kappa shape index (κ3) is 5.22. The van der Waals surface area contributed by atoms with E-state index >= 15 is 0 Å². The molecule has 1 saturated heterocycles. The van der Waals surface area contributed by atoms with Crippen molar-refractivity contribution in [1.29, 1.82) is 0 Å². The lowest BCUT2D eigenvalue weighted by atomic mass is 9.98. The van der Waals surface area contributed by atoms with E-state index in [1.807, 2.05) is 55.5 Å². The van der Waals surface area contributed by atoms with E-state index in [1.165, 1.54) is 0 Å². The van der Waals surface area contributed by atoms with Crippen LogP contribution in [0.3, 0.4) is 0 Å². The van der Waals surface area contributed by atoms with Gasteiger partial charge in [0.05, 0.1) is 13.0 Å². The first-order chi connectivity index (χ1) is 16.5. The first-order valence-electron chi connectivity index (χ1n) is 11.7. The van der Waals surface area contributed by atoms with Gasteiger partial charge in [0.1, 0.15) is 12.6 Å². The number of amides is 2. The summed E-state index contributed by atoms with van der Waals surface area (Å²) in [6.45, 7) is 4.17. The number of carbonyl (C=O) groups is 3. The minimum atomic E-state index is -1.18. The van der Waals surface area contributed by atoms with Crippen LogP contribution in [0.1, 0.15) is 36.8 Å². The van der Waals surface area contributed by atoms with Crippen LogP contribution >= 0.6 is 0 Å². The van der Waals surface area contributed by atoms with Crippen LogP contribution < -0.4 is 5.32 Å². The lowest BCUT2D eigenvalue weighted by Gasteiger charge is -2.23. The number of alkyl carbamates (subject to hydrolysis) is 1. The topological polar surface area (TPSA) is 105 Å². The molecule has 2 unspecified atom stereocenters. The molecule has 1 aliphatic carbocycles. The first kappa shape index (κ1) is 23.8. The van der Waals surface area contributed by atoms with E-state index in [0.717, 1.165) is 28.7 Å². The quantitative estimate of drug-likeness (QED) is 0.588. The van der Waals surface area contributed by atoms with E-state index in [2.05, 4.69) is 5.32 Å². The summed E-state index contributed by atoms with van der Waals surface area (Å²) in [7, 11) is 0. The van der Waals surface area contributed by atoms with Gasteiger partial charge in [-0.3, -0.25) is 9.59 Å². The van der Waals surface area contributed by atoms with Crippen LogP contribution in [0.25, 0.3) is 11.1 Å². The summed E-state index contributed by atoms with van der Waals surface area (Å²) < 4.78 is 10.9. The molecule has 2 amide bonds. The molecule has 8 heteroatoms. The van der Waals surface area contributed by atoms with Crippen molar-refractivity contribution in [3.05, 3.63) is 59.7 Å². The Labute approximate surface area is 198 Å². The second-order valence-electron chi connectivity index (χ2n) is 8.72.